The summed E-state index contributed by atoms with van der Waals surface area (Å²) in [6.07, 6.45) is 3.58. The fourth-order valence-electron chi connectivity index (χ4n) is 3.41. The Kier molecular flexibility index (Phi) is 6.34. The number of benzene rings is 1. The van der Waals surface area contributed by atoms with Crippen LogP contribution in [0.3, 0.4) is 0 Å². The lowest BCUT2D eigenvalue weighted by atomic mass is 10.1. The van der Waals surface area contributed by atoms with Crippen molar-refractivity contribution in [2.75, 3.05) is 12.3 Å². The highest BCUT2D eigenvalue weighted by Crippen LogP contribution is 2.14. The number of nitrogens with one attached hydrogen (secondary N) is 2. The number of unbranched alkanes of at least 4 members (excludes halogenated alkanes) is 2. The van der Waals surface area contributed by atoms with E-state index in [4.69, 9.17) is 11.0 Å². The monoisotopic (exact) mass is 395 g/mol. The van der Waals surface area contributed by atoms with Crippen molar-refractivity contribution in [3.05, 3.63) is 46.0 Å². The molecule has 0 saturated carbocycles. The highest BCUT2D eigenvalue weighted by Gasteiger charge is 2.12. The lowest BCUT2D eigenvalue weighted by molar-refractivity contribution is -0.121. The van der Waals surface area contributed by atoms with Gasteiger partial charge in [0.2, 0.25) is 5.91 Å². The number of imidazole rings is 1. The van der Waals surface area contributed by atoms with Crippen LogP contribution in [0.25, 0.3) is 11.0 Å². The molecule has 2 heterocycles. The van der Waals surface area contributed by atoms with Crippen LogP contribution < -0.4 is 16.7 Å². The van der Waals surface area contributed by atoms with Crippen LogP contribution in [0.4, 0.5) is 5.82 Å². The van der Waals surface area contributed by atoms with Gasteiger partial charge in [0.25, 0.3) is 0 Å². The van der Waals surface area contributed by atoms with Gasteiger partial charge < -0.3 is 11.1 Å². The number of nitriles is 1. The molecule has 0 spiro atoms. The first-order chi connectivity index (χ1) is 14.0. The molecule has 9 nitrogen and oxygen atoms in total. The van der Waals surface area contributed by atoms with E-state index >= 15 is 0 Å². The molecule has 29 heavy (non-hydrogen) atoms. The number of hydrogen-bond acceptors (Lipinski definition) is 5. The van der Waals surface area contributed by atoms with Gasteiger partial charge in [0.05, 0.1) is 16.7 Å². The highest BCUT2D eigenvalue weighted by atomic mass is 16.2. The molecule has 0 aliphatic heterocycles. The molecule has 2 aromatic heterocycles. The van der Waals surface area contributed by atoms with E-state index in [2.05, 4.69) is 21.6 Å². The third kappa shape index (κ3) is 4.48. The second-order valence-electron chi connectivity index (χ2n) is 6.97. The quantitative estimate of drug-likeness (QED) is 0.471. The minimum absolute atomic E-state index is 0.0713. The molecular formula is C20H25N7O2. The molecule has 152 valence electrons. The molecule has 0 atom stereocenters. The summed E-state index contributed by atoms with van der Waals surface area (Å²) in [7, 11) is 1.73. The van der Waals surface area contributed by atoms with Crippen LogP contribution in [0, 0.1) is 11.3 Å². The van der Waals surface area contributed by atoms with Crippen LogP contribution in [-0.4, -0.2) is 31.8 Å². The van der Waals surface area contributed by atoms with E-state index in [0.717, 1.165) is 36.0 Å². The van der Waals surface area contributed by atoms with Crippen molar-refractivity contribution >= 4 is 22.8 Å². The number of fused-ring (bicyclic) bond motifs is 1. The zero-order valence-electron chi connectivity index (χ0n) is 16.4. The average molecular weight is 395 g/mol. The summed E-state index contributed by atoms with van der Waals surface area (Å²) < 4.78 is 3.23. The SMILES string of the molecule is Cn1c(=O)n(CCC(=O)NCCCCCc2[nH]nc(N)c2C#N)c2ccccc21. The van der Waals surface area contributed by atoms with Gasteiger partial charge in [-0.15, -0.1) is 0 Å². The minimum atomic E-state index is -0.116. The van der Waals surface area contributed by atoms with Crippen LogP contribution >= 0.6 is 0 Å². The summed E-state index contributed by atoms with van der Waals surface area (Å²) in [5.41, 5.74) is 8.37. The van der Waals surface area contributed by atoms with Gasteiger partial charge in [0, 0.05) is 26.6 Å². The average Bonchev–Trinajstić information content (AvgIpc) is 3.20. The number of H-pyrrole nitrogens is 1. The standard InChI is InChI=1S/C20H25N7O2/c1-26-16-8-4-5-9-17(16)27(20(26)29)12-10-18(28)23-11-6-2-3-7-15-14(13-21)19(22)25-24-15/h4-5,8-9H,2-3,6-7,10-12H2,1H3,(H,23,28)(H3,22,24,25). The van der Waals surface area contributed by atoms with Crippen molar-refractivity contribution in [3.8, 4) is 6.07 Å². The van der Waals surface area contributed by atoms with Crippen molar-refractivity contribution in [2.45, 2.75) is 38.6 Å². The fraction of sp³-hybridized carbons (Fsp3) is 0.400. The summed E-state index contributed by atoms with van der Waals surface area (Å²) in [5.74, 6) is 0.165. The molecule has 9 heteroatoms. The number of aryl methyl sites for hydroxylation is 3. The van der Waals surface area contributed by atoms with Gasteiger partial charge in [-0.1, -0.05) is 18.6 Å². The Morgan fingerprint density at radius 1 is 1.28 bits per heavy atom. The molecular weight excluding hydrogens is 370 g/mol. The Morgan fingerprint density at radius 2 is 2.03 bits per heavy atom. The molecule has 0 bridgehead atoms. The number of carbonyl (C=O) groups is 1. The summed E-state index contributed by atoms with van der Waals surface area (Å²) in [5, 5.41) is 18.6. The zero-order valence-corrected chi connectivity index (χ0v) is 16.4. The third-order valence-corrected chi connectivity index (χ3v) is 5.02. The fourth-order valence-corrected chi connectivity index (χ4v) is 3.41. The van der Waals surface area contributed by atoms with Gasteiger partial charge in [-0.2, -0.15) is 10.4 Å². The normalized spacial score (nSPS) is 10.9. The van der Waals surface area contributed by atoms with Gasteiger partial charge >= 0.3 is 5.69 Å². The van der Waals surface area contributed by atoms with Crippen LogP contribution in [0.15, 0.2) is 29.1 Å². The van der Waals surface area contributed by atoms with E-state index in [9.17, 15) is 9.59 Å². The summed E-state index contributed by atoms with van der Waals surface area (Å²) in [4.78, 5) is 24.5. The molecule has 1 aromatic carbocycles. The first-order valence-corrected chi connectivity index (χ1v) is 9.66. The minimum Gasteiger partial charge on any atom is -0.381 e. The largest absolute Gasteiger partial charge is 0.381 e. The van der Waals surface area contributed by atoms with Crippen molar-refractivity contribution in [2.24, 2.45) is 7.05 Å². The Balaban J connectivity index is 1.38. The Bertz CT molecular complexity index is 1100. The van der Waals surface area contributed by atoms with Crippen LogP contribution in [0.1, 0.15) is 36.9 Å². The number of hydrogen-bond donors (Lipinski definition) is 3. The predicted molar refractivity (Wildman–Crippen MR) is 110 cm³/mol. The number of anilines is 1. The second-order valence-corrected chi connectivity index (χ2v) is 6.97. The number of nitrogen functional groups attached to an aromatic ring is 1. The van der Waals surface area contributed by atoms with Crippen molar-refractivity contribution in [1.82, 2.24) is 24.6 Å². The molecule has 1 amide bonds. The maximum atomic E-state index is 12.4. The summed E-state index contributed by atoms with van der Waals surface area (Å²) >= 11 is 0. The number of para-hydroxylation sites is 2. The van der Waals surface area contributed by atoms with Gasteiger partial charge in [-0.3, -0.25) is 19.0 Å². The van der Waals surface area contributed by atoms with E-state index < -0.39 is 0 Å². The maximum Gasteiger partial charge on any atom is 0.328 e. The van der Waals surface area contributed by atoms with Crippen molar-refractivity contribution in [3.63, 3.8) is 0 Å². The molecule has 3 rings (SSSR count). The Labute approximate surface area is 168 Å². The number of aromatic amines is 1. The number of carbonyl (C=O) groups excluding carboxylic acids is 1. The molecule has 3 aromatic rings. The molecule has 0 fully saturated rings. The number of rotatable bonds is 9. The molecule has 0 radical (unpaired) electrons. The topological polar surface area (TPSA) is 135 Å². The third-order valence-electron chi connectivity index (χ3n) is 5.02. The lowest BCUT2D eigenvalue weighted by Gasteiger charge is -2.06. The van der Waals surface area contributed by atoms with Gasteiger partial charge in [0.15, 0.2) is 5.82 Å². The molecule has 0 unspecified atom stereocenters. The Morgan fingerprint density at radius 3 is 2.79 bits per heavy atom. The van der Waals surface area contributed by atoms with Crippen molar-refractivity contribution in [1.29, 1.82) is 5.26 Å². The summed E-state index contributed by atoms with van der Waals surface area (Å²) in [6, 6.07) is 9.61. The number of amides is 1. The predicted octanol–water partition coefficient (Wildman–Crippen LogP) is 1.44. The van der Waals surface area contributed by atoms with Crippen molar-refractivity contribution < 1.29 is 4.79 Å². The smallest absolute Gasteiger partial charge is 0.328 e. The van der Waals surface area contributed by atoms with E-state index in [1.54, 1.807) is 16.2 Å². The van der Waals surface area contributed by atoms with E-state index in [-0.39, 0.29) is 23.8 Å². The van der Waals surface area contributed by atoms with E-state index in [1.807, 2.05) is 24.3 Å². The number of nitrogens with two attached hydrogens (primary N) is 1. The van der Waals surface area contributed by atoms with Gasteiger partial charge in [0.1, 0.15) is 11.6 Å². The number of nitrogens with zero attached hydrogens (tertiary/aromatic N) is 4. The van der Waals surface area contributed by atoms with E-state index in [0.29, 0.717) is 25.1 Å². The Hall–Kier alpha value is -3.54. The van der Waals surface area contributed by atoms with Crippen LogP contribution in [-0.2, 0) is 24.8 Å². The molecule has 0 aliphatic rings. The first-order valence-electron chi connectivity index (χ1n) is 9.66. The van der Waals surface area contributed by atoms with Gasteiger partial charge in [-0.25, -0.2) is 4.79 Å². The highest BCUT2D eigenvalue weighted by molar-refractivity contribution is 5.77. The molecule has 4 N–H and O–H groups in total. The number of aromatic nitrogens is 4. The van der Waals surface area contributed by atoms with Crippen LogP contribution in [0.2, 0.25) is 0 Å². The van der Waals surface area contributed by atoms with Gasteiger partial charge in [-0.05, 0) is 31.4 Å². The maximum absolute atomic E-state index is 12.4. The van der Waals surface area contributed by atoms with Crippen LogP contribution in [0.5, 0.6) is 0 Å². The molecule has 0 aliphatic carbocycles. The second kappa shape index (κ2) is 9.10. The molecule has 0 saturated heterocycles. The summed E-state index contributed by atoms with van der Waals surface area (Å²) in [6.45, 7) is 0.934. The first kappa shape index (κ1) is 20.2. The van der Waals surface area contributed by atoms with E-state index in [1.165, 1.54) is 0 Å². The zero-order chi connectivity index (χ0) is 20.8. The lowest BCUT2D eigenvalue weighted by Crippen LogP contribution is -2.28.